The van der Waals surface area contributed by atoms with Crippen LogP contribution >= 0.6 is 0 Å². The summed E-state index contributed by atoms with van der Waals surface area (Å²) in [6.07, 6.45) is 5.62. The Morgan fingerprint density at radius 3 is 2.58 bits per heavy atom. The van der Waals surface area contributed by atoms with Gasteiger partial charge in [-0.25, -0.2) is 4.39 Å². The van der Waals surface area contributed by atoms with Crippen LogP contribution in [0.1, 0.15) is 17.5 Å². The molecule has 3 aromatic carbocycles. The molecule has 31 heavy (non-hydrogen) atoms. The summed E-state index contributed by atoms with van der Waals surface area (Å²) in [5, 5.41) is 10.4. The van der Waals surface area contributed by atoms with Crippen LogP contribution in [0, 0.1) is 11.2 Å². The minimum atomic E-state index is -0.356. The Hall–Kier alpha value is -3.77. The van der Waals surface area contributed by atoms with Crippen LogP contribution in [0.4, 0.5) is 4.39 Å². The molecule has 0 radical (unpaired) electrons. The molecule has 0 saturated carbocycles. The van der Waals surface area contributed by atoms with Gasteiger partial charge in [-0.15, -0.1) is 0 Å². The lowest BCUT2D eigenvalue weighted by molar-refractivity contribution is 0.631. The number of aromatic nitrogens is 1. The van der Waals surface area contributed by atoms with E-state index in [9.17, 15) is 9.18 Å². The minimum Gasteiger partial charge on any atom is -0.404 e. The number of nitrogens with two attached hydrogens (primary N) is 2. The van der Waals surface area contributed by atoms with Crippen molar-refractivity contribution in [2.75, 3.05) is 6.54 Å². The van der Waals surface area contributed by atoms with Crippen molar-refractivity contribution in [2.24, 2.45) is 11.5 Å². The van der Waals surface area contributed by atoms with E-state index in [4.69, 9.17) is 16.9 Å². The maximum atomic E-state index is 14.6. The van der Waals surface area contributed by atoms with Crippen molar-refractivity contribution in [1.82, 2.24) is 4.98 Å². The van der Waals surface area contributed by atoms with Gasteiger partial charge in [0, 0.05) is 35.3 Å². The third-order valence-electron chi connectivity index (χ3n) is 5.57. The van der Waals surface area contributed by atoms with Crippen molar-refractivity contribution in [3.63, 3.8) is 0 Å². The maximum Gasteiger partial charge on any atom is 0.256 e. The quantitative estimate of drug-likeness (QED) is 0.278. The molecule has 6 heteroatoms. The van der Waals surface area contributed by atoms with Gasteiger partial charge in [-0.05, 0) is 64.9 Å². The largest absolute Gasteiger partial charge is 0.404 e. The highest BCUT2D eigenvalue weighted by Gasteiger charge is 2.16. The number of aromatic amines is 1. The third kappa shape index (κ3) is 3.62. The summed E-state index contributed by atoms with van der Waals surface area (Å²) in [5.41, 5.74) is 14.5. The van der Waals surface area contributed by atoms with Crippen LogP contribution in [0.5, 0.6) is 0 Å². The van der Waals surface area contributed by atoms with E-state index >= 15 is 0 Å². The number of aryl methyl sites for hydroxylation is 1. The van der Waals surface area contributed by atoms with Crippen molar-refractivity contribution in [3.8, 4) is 11.1 Å². The van der Waals surface area contributed by atoms with Gasteiger partial charge < -0.3 is 21.9 Å². The van der Waals surface area contributed by atoms with E-state index in [2.05, 4.69) is 4.98 Å². The molecule has 5 nitrogen and oxygen atoms in total. The number of allylic oxidation sites excluding steroid dienone is 1. The van der Waals surface area contributed by atoms with Crippen LogP contribution in [0.15, 0.2) is 65.7 Å². The fraction of sp³-hybridized carbons (Fsp3) is 0.120. The zero-order valence-corrected chi connectivity index (χ0v) is 16.9. The second-order valence-electron chi connectivity index (χ2n) is 7.39. The molecule has 0 atom stereocenters. The molecule has 1 aromatic heterocycles. The number of pyridine rings is 1. The number of nitrogens with one attached hydrogen (secondary N) is 2. The third-order valence-corrected chi connectivity index (χ3v) is 5.57. The van der Waals surface area contributed by atoms with Crippen LogP contribution in [0.25, 0.3) is 38.2 Å². The summed E-state index contributed by atoms with van der Waals surface area (Å²) in [4.78, 5) is 15.7. The van der Waals surface area contributed by atoms with E-state index in [1.54, 1.807) is 24.4 Å². The average molecular weight is 414 g/mol. The molecule has 0 aliphatic carbocycles. The first-order valence-electron chi connectivity index (χ1n) is 10.1. The van der Waals surface area contributed by atoms with Gasteiger partial charge in [0.05, 0.1) is 5.39 Å². The topological polar surface area (TPSA) is 109 Å². The number of hydrogen-bond acceptors (Lipinski definition) is 4. The Morgan fingerprint density at radius 1 is 1.06 bits per heavy atom. The van der Waals surface area contributed by atoms with Gasteiger partial charge in [0.25, 0.3) is 5.56 Å². The minimum absolute atomic E-state index is 0.254. The van der Waals surface area contributed by atoms with E-state index in [0.29, 0.717) is 34.0 Å². The second kappa shape index (κ2) is 8.53. The van der Waals surface area contributed by atoms with E-state index < -0.39 is 0 Å². The monoisotopic (exact) mass is 414 g/mol. The Labute approximate surface area is 178 Å². The Kier molecular flexibility index (Phi) is 5.64. The molecule has 0 aliphatic rings. The normalized spacial score (nSPS) is 11.9. The molecule has 0 bridgehead atoms. The lowest BCUT2D eigenvalue weighted by atomic mass is 9.90. The van der Waals surface area contributed by atoms with Crippen molar-refractivity contribution >= 4 is 33.3 Å². The molecule has 4 rings (SSSR count). The number of fused-ring (bicyclic) bond motifs is 3. The van der Waals surface area contributed by atoms with Crippen molar-refractivity contribution in [3.05, 3.63) is 88.2 Å². The standard InChI is InChI=1S/C25H23FN4O/c26-23-6-2-1-5-19(23)22-14-30-25(31)24-20-10-15(17(12-28)13-29)7-8-18(20)16(4-3-9-27)11-21(22)24/h1-2,5-8,10-14,28H,3-4,9,27,29H2,(H,30,31)/b17-13+,28-12?. The van der Waals surface area contributed by atoms with Crippen LogP contribution in [-0.2, 0) is 6.42 Å². The molecule has 0 fully saturated rings. The van der Waals surface area contributed by atoms with Gasteiger partial charge in [0.15, 0.2) is 0 Å². The highest BCUT2D eigenvalue weighted by molar-refractivity contribution is 6.15. The Morgan fingerprint density at radius 2 is 1.87 bits per heavy atom. The fourth-order valence-electron chi connectivity index (χ4n) is 4.05. The average Bonchev–Trinajstić information content (AvgIpc) is 2.79. The van der Waals surface area contributed by atoms with Gasteiger partial charge >= 0.3 is 0 Å². The zero-order valence-electron chi connectivity index (χ0n) is 16.9. The van der Waals surface area contributed by atoms with E-state index in [-0.39, 0.29) is 11.4 Å². The molecular formula is C25H23FN4O. The second-order valence-corrected chi connectivity index (χ2v) is 7.39. The van der Waals surface area contributed by atoms with Crippen LogP contribution in [0.2, 0.25) is 0 Å². The van der Waals surface area contributed by atoms with Crippen LogP contribution < -0.4 is 17.0 Å². The maximum absolute atomic E-state index is 14.6. The molecule has 6 N–H and O–H groups in total. The highest BCUT2D eigenvalue weighted by Crippen LogP contribution is 2.35. The summed E-state index contributed by atoms with van der Waals surface area (Å²) in [6, 6.07) is 14.2. The van der Waals surface area contributed by atoms with Crippen LogP contribution in [-0.4, -0.2) is 17.7 Å². The summed E-state index contributed by atoms with van der Waals surface area (Å²) >= 11 is 0. The smallest absolute Gasteiger partial charge is 0.256 e. The molecule has 0 amide bonds. The molecule has 0 unspecified atom stereocenters. The molecule has 0 saturated heterocycles. The predicted molar refractivity (Wildman–Crippen MR) is 126 cm³/mol. The molecule has 156 valence electrons. The number of halogens is 1. The summed E-state index contributed by atoms with van der Waals surface area (Å²) in [5.74, 6) is -0.356. The molecule has 1 heterocycles. The lowest BCUT2D eigenvalue weighted by Crippen LogP contribution is -2.08. The van der Waals surface area contributed by atoms with Crippen molar-refractivity contribution in [2.45, 2.75) is 12.8 Å². The number of H-pyrrole nitrogens is 1. The summed E-state index contributed by atoms with van der Waals surface area (Å²) in [7, 11) is 0. The highest BCUT2D eigenvalue weighted by atomic mass is 19.1. The molecule has 0 aliphatic heterocycles. The molecule has 0 spiro atoms. The van der Waals surface area contributed by atoms with E-state index in [1.165, 1.54) is 18.5 Å². The summed E-state index contributed by atoms with van der Waals surface area (Å²) < 4.78 is 14.6. The summed E-state index contributed by atoms with van der Waals surface area (Å²) in [6.45, 7) is 0.543. The zero-order chi connectivity index (χ0) is 22.0. The Bertz CT molecular complexity index is 1390. The fourth-order valence-corrected chi connectivity index (χ4v) is 4.05. The van der Waals surface area contributed by atoms with E-state index in [0.717, 1.165) is 34.7 Å². The van der Waals surface area contributed by atoms with E-state index in [1.807, 2.05) is 24.3 Å². The lowest BCUT2D eigenvalue weighted by Gasteiger charge is -2.15. The first-order chi connectivity index (χ1) is 15.1. The number of rotatable bonds is 6. The van der Waals surface area contributed by atoms with Gasteiger partial charge in [0.2, 0.25) is 0 Å². The van der Waals surface area contributed by atoms with Crippen molar-refractivity contribution in [1.29, 1.82) is 5.41 Å². The SMILES string of the molecule is N=C/C(=C\N)c1ccc2c(CCCN)cc3c(-c4ccccc4F)c[nH]c(=O)c3c2c1. The Balaban J connectivity index is 2.15. The van der Waals surface area contributed by atoms with Gasteiger partial charge in [-0.1, -0.05) is 30.3 Å². The molecule has 4 aromatic rings. The van der Waals surface area contributed by atoms with Crippen molar-refractivity contribution < 1.29 is 4.39 Å². The first-order valence-corrected chi connectivity index (χ1v) is 10.1. The van der Waals surface area contributed by atoms with Crippen LogP contribution in [0.3, 0.4) is 0 Å². The van der Waals surface area contributed by atoms with Gasteiger partial charge in [0.1, 0.15) is 5.82 Å². The van der Waals surface area contributed by atoms with Gasteiger partial charge in [-0.2, -0.15) is 0 Å². The number of benzene rings is 3. The predicted octanol–water partition coefficient (Wildman–Crippen LogP) is 4.33. The molecular weight excluding hydrogens is 391 g/mol. The number of hydrogen-bond donors (Lipinski definition) is 4. The van der Waals surface area contributed by atoms with Gasteiger partial charge in [-0.3, -0.25) is 4.79 Å². The first kappa shape index (κ1) is 20.5.